The monoisotopic (exact) mass is 387 g/mol. The van der Waals surface area contributed by atoms with Gasteiger partial charge in [-0.1, -0.05) is 35.5 Å². The van der Waals surface area contributed by atoms with Crippen LogP contribution in [0.25, 0.3) is 28.2 Å². The number of halogens is 3. The van der Waals surface area contributed by atoms with Gasteiger partial charge in [0.25, 0.3) is 5.56 Å². The van der Waals surface area contributed by atoms with Crippen LogP contribution in [-0.2, 0) is 6.18 Å². The van der Waals surface area contributed by atoms with E-state index in [1.165, 1.54) is 31.5 Å². The van der Waals surface area contributed by atoms with Gasteiger partial charge < -0.3 is 9.26 Å². The third-order valence-corrected chi connectivity index (χ3v) is 4.13. The highest BCUT2D eigenvalue weighted by Crippen LogP contribution is 2.35. The maximum atomic E-state index is 13.7. The first-order chi connectivity index (χ1) is 13.4. The van der Waals surface area contributed by atoms with Crippen LogP contribution in [0.3, 0.4) is 0 Å². The third kappa shape index (κ3) is 3.00. The molecule has 1 aromatic carbocycles. The van der Waals surface area contributed by atoms with Crippen LogP contribution in [0.1, 0.15) is 5.69 Å². The molecule has 3 heterocycles. The fourth-order valence-corrected chi connectivity index (χ4v) is 2.81. The fourth-order valence-electron chi connectivity index (χ4n) is 2.81. The zero-order valence-electron chi connectivity index (χ0n) is 14.4. The molecule has 0 N–H and O–H groups in total. The number of pyridine rings is 1. The van der Waals surface area contributed by atoms with Gasteiger partial charge >= 0.3 is 6.18 Å². The smallest absolute Gasteiger partial charge is 0.434 e. The highest BCUT2D eigenvalue weighted by Gasteiger charge is 2.39. The first-order valence-electron chi connectivity index (χ1n) is 8.08. The molecule has 0 amide bonds. The first kappa shape index (κ1) is 17.8. The molecule has 0 saturated carbocycles. The van der Waals surface area contributed by atoms with Crippen LogP contribution in [0, 0.1) is 0 Å². The molecule has 0 bridgehead atoms. The molecule has 0 atom stereocenters. The molecule has 6 nitrogen and oxygen atoms in total. The maximum absolute atomic E-state index is 13.7. The SMILES string of the molecule is COc1ccn2c(=O)c(-c3cc(-c4ccccc4)no3)c(C(F)(F)F)nc2c1. The van der Waals surface area contributed by atoms with Gasteiger partial charge in [-0.25, -0.2) is 4.98 Å². The Balaban J connectivity index is 1.97. The minimum absolute atomic E-state index is 0.191. The average molecular weight is 387 g/mol. The topological polar surface area (TPSA) is 69.6 Å². The van der Waals surface area contributed by atoms with Crippen LogP contribution < -0.4 is 10.3 Å². The fraction of sp³-hybridized carbons (Fsp3) is 0.105. The van der Waals surface area contributed by atoms with Crippen LogP contribution in [0.4, 0.5) is 13.2 Å². The molecule has 9 heteroatoms. The predicted molar refractivity (Wildman–Crippen MR) is 93.9 cm³/mol. The molecule has 28 heavy (non-hydrogen) atoms. The third-order valence-electron chi connectivity index (χ3n) is 4.13. The molecule has 0 aliphatic carbocycles. The van der Waals surface area contributed by atoms with Crippen molar-refractivity contribution in [3.8, 4) is 28.3 Å². The highest BCUT2D eigenvalue weighted by molar-refractivity contribution is 5.69. The van der Waals surface area contributed by atoms with Crippen LogP contribution in [0.2, 0.25) is 0 Å². The molecule has 0 aliphatic rings. The van der Waals surface area contributed by atoms with Crippen molar-refractivity contribution in [3.05, 3.63) is 70.8 Å². The zero-order valence-corrected chi connectivity index (χ0v) is 14.4. The van der Waals surface area contributed by atoms with Crippen LogP contribution in [0.5, 0.6) is 5.75 Å². The summed E-state index contributed by atoms with van der Waals surface area (Å²) in [6, 6.07) is 12.7. The van der Waals surface area contributed by atoms with Crippen molar-refractivity contribution in [2.24, 2.45) is 0 Å². The average Bonchev–Trinajstić information content (AvgIpc) is 3.17. The predicted octanol–water partition coefficient (Wildman–Crippen LogP) is 4.04. The zero-order chi connectivity index (χ0) is 19.9. The second kappa shape index (κ2) is 6.52. The molecule has 4 aromatic rings. The Morgan fingerprint density at radius 3 is 2.54 bits per heavy atom. The van der Waals surface area contributed by atoms with Gasteiger partial charge in [-0.3, -0.25) is 9.20 Å². The maximum Gasteiger partial charge on any atom is 0.434 e. The summed E-state index contributed by atoms with van der Waals surface area (Å²) < 4.78 is 52.0. The lowest BCUT2D eigenvalue weighted by Gasteiger charge is -2.12. The first-order valence-corrected chi connectivity index (χ1v) is 8.08. The van der Waals surface area contributed by atoms with Gasteiger partial charge in [0, 0.05) is 23.9 Å². The van der Waals surface area contributed by atoms with E-state index in [0.717, 1.165) is 4.40 Å². The van der Waals surface area contributed by atoms with Crippen molar-refractivity contribution in [2.75, 3.05) is 7.11 Å². The molecule has 0 saturated heterocycles. The number of benzene rings is 1. The Labute approximate surface area is 155 Å². The molecular weight excluding hydrogens is 375 g/mol. The van der Waals surface area contributed by atoms with Crippen LogP contribution >= 0.6 is 0 Å². The van der Waals surface area contributed by atoms with Crippen molar-refractivity contribution < 1.29 is 22.4 Å². The van der Waals surface area contributed by atoms with Crippen LogP contribution in [0.15, 0.2) is 64.0 Å². The van der Waals surface area contributed by atoms with Crippen molar-refractivity contribution >= 4 is 5.65 Å². The summed E-state index contributed by atoms with van der Waals surface area (Å²) in [7, 11) is 1.36. The van der Waals surface area contributed by atoms with Crippen molar-refractivity contribution in [1.29, 1.82) is 0 Å². The van der Waals surface area contributed by atoms with Gasteiger partial charge in [-0.05, 0) is 6.07 Å². The standard InChI is InChI=1S/C19H12F3N3O3/c1-27-12-7-8-25-15(9-12)23-17(19(20,21)22)16(18(25)26)14-10-13(24-28-14)11-5-3-2-4-6-11/h2-10H,1H3. The number of fused-ring (bicyclic) bond motifs is 1. The van der Waals surface area contributed by atoms with Gasteiger partial charge in [-0.2, -0.15) is 13.2 Å². The lowest BCUT2D eigenvalue weighted by molar-refractivity contribution is -0.140. The van der Waals surface area contributed by atoms with Crippen molar-refractivity contribution in [2.45, 2.75) is 6.18 Å². The molecule has 0 fully saturated rings. The van der Waals surface area contributed by atoms with E-state index < -0.39 is 23.0 Å². The Morgan fingerprint density at radius 1 is 1.11 bits per heavy atom. The summed E-state index contributed by atoms with van der Waals surface area (Å²) in [6.45, 7) is 0. The van der Waals surface area contributed by atoms with Crippen molar-refractivity contribution in [3.63, 3.8) is 0 Å². The number of methoxy groups -OCH3 is 1. The number of rotatable bonds is 3. The summed E-state index contributed by atoms with van der Waals surface area (Å²) in [5, 5.41) is 3.80. The van der Waals surface area contributed by atoms with Gasteiger partial charge in [0.1, 0.15) is 22.7 Å². The van der Waals surface area contributed by atoms with E-state index in [1.807, 2.05) is 0 Å². The summed E-state index contributed by atoms with van der Waals surface area (Å²) in [6.07, 6.45) is -3.58. The normalized spacial score (nSPS) is 11.7. The number of nitrogens with zero attached hydrogens (tertiary/aromatic N) is 3. The van der Waals surface area contributed by atoms with E-state index in [4.69, 9.17) is 9.26 Å². The minimum atomic E-state index is -4.87. The summed E-state index contributed by atoms with van der Waals surface area (Å²) >= 11 is 0. The van der Waals surface area contributed by atoms with E-state index >= 15 is 0 Å². The minimum Gasteiger partial charge on any atom is -0.497 e. The van der Waals surface area contributed by atoms with E-state index in [2.05, 4.69) is 10.1 Å². The second-order valence-corrected chi connectivity index (χ2v) is 5.88. The highest BCUT2D eigenvalue weighted by atomic mass is 19.4. The number of hydrogen-bond acceptors (Lipinski definition) is 5. The van der Waals surface area contributed by atoms with Crippen LogP contribution in [-0.4, -0.2) is 21.7 Å². The molecule has 4 rings (SSSR count). The van der Waals surface area contributed by atoms with E-state index in [9.17, 15) is 18.0 Å². The van der Waals surface area contributed by atoms with E-state index in [-0.39, 0.29) is 17.2 Å². The second-order valence-electron chi connectivity index (χ2n) is 5.88. The van der Waals surface area contributed by atoms with Gasteiger partial charge in [0.2, 0.25) is 0 Å². The lowest BCUT2D eigenvalue weighted by Crippen LogP contribution is -2.23. The molecule has 142 valence electrons. The van der Waals surface area contributed by atoms with E-state index in [0.29, 0.717) is 11.3 Å². The number of hydrogen-bond donors (Lipinski definition) is 0. The molecule has 3 aromatic heterocycles. The largest absolute Gasteiger partial charge is 0.497 e. The molecule has 0 radical (unpaired) electrons. The molecule has 0 spiro atoms. The molecule has 0 aliphatic heterocycles. The number of alkyl halides is 3. The summed E-state index contributed by atoms with van der Waals surface area (Å²) in [4.78, 5) is 16.5. The van der Waals surface area contributed by atoms with E-state index in [1.54, 1.807) is 30.3 Å². The van der Waals surface area contributed by atoms with Gasteiger partial charge in [0.05, 0.1) is 7.11 Å². The quantitative estimate of drug-likeness (QED) is 0.531. The Kier molecular flexibility index (Phi) is 4.14. The van der Waals surface area contributed by atoms with Gasteiger partial charge in [0.15, 0.2) is 11.5 Å². The Hall–Kier alpha value is -3.62. The number of ether oxygens (including phenoxy) is 1. The summed E-state index contributed by atoms with van der Waals surface area (Å²) in [5.74, 6) is -0.0345. The Morgan fingerprint density at radius 2 is 1.86 bits per heavy atom. The Bertz CT molecular complexity index is 1210. The number of aromatic nitrogens is 3. The summed E-state index contributed by atoms with van der Waals surface area (Å²) in [5.41, 5.74) is -2.21. The molecular formula is C19H12F3N3O3. The molecule has 0 unspecified atom stereocenters. The lowest BCUT2D eigenvalue weighted by atomic mass is 10.1. The van der Waals surface area contributed by atoms with Crippen molar-refractivity contribution in [1.82, 2.24) is 14.5 Å². The van der Waals surface area contributed by atoms with Gasteiger partial charge in [-0.15, -0.1) is 0 Å².